The van der Waals surface area contributed by atoms with Crippen molar-refractivity contribution in [1.29, 1.82) is 5.41 Å². The van der Waals surface area contributed by atoms with Gasteiger partial charge >= 0.3 is 0 Å². The molecule has 0 unspecified atom stereocenters. The van der Waals surface area contributed by atoms with Gasteiger partial charge < -0.3 is 15.0 Å². The molecular formula is C21H21ClN6O4S. The Kier molecular flexibility index (Phi) is 6.43. The Morgan fingerprint density at radius 3 is 2.36 bits per heavy atom. The van der Waals surface area contributed by atoms with Gasteiger partial charge in [-0.3, -0.25) is 4.79 Å². The summed E-state index contributed by atoms with van der Waals surface area (Å²) in [6, 6.07) is 7.10. The topological polar surface area (TPSA) is 131 Å². The number of aromatic nitrogens is 4. The third-order valence-electron chi connectivity index (χ3n) is 5.19. The highest BCUT2D eigenvalue weighted by atomic mass is 35.5. The second-order valence-corrected chi connectivity index (χ2v) is 10.0. The Balaban J connectivity index is 1.49. The Bertz CT molecular complexity index is 1320. The molecule has 4 rings (SSSR count). The van der Waals surface area contributed by atoms with Crippen molar-refractivity contribution in [3.05, 3.63) is 63.8 Å². The van der Waals surface area contributed by atoms with Crippen molar-refractivity contribution in [1.82, 2.24) is 19.7 Å². The summed E-state index contributed by atoms with van der Waals surface area (Å²) in [5.41, 5.74) is 0.137. The number of halogens is 1. The minimum Gasteiger partial charge on any atom is -0.488 e. The van der Waals surface area contributed by atoms with E-state index in [9.17, 15) is 13.2 Å². The predicted octanol–water partition coefficient (Wildman–Crippen LogP) is 2.12. The molecule has 3 heterocycles. The Labute approximate surface area is 195 Å². The van der Waals surface area contributed by atoms with Crippen LogP contribution in [0.4, 0.5) is 5.95 Å². The van der Waals surface area contributed by atoms with Crippen molar-refractivity contribution < 1.29 is 13.2 Å². The highest BCUT2D eigenvalue weighted by Crippen LogP contribution is 2.22. The van der Waals surface area contributed by atoms with Crippen LogP contribution in [0.2, 0.25) is 5.02 Å². The monoisotopic (exact) mass is 488 g/mol. The Morgan fingerprint density at radius 2 is 1.79 bits per heavy atom. The van der Waals surface area contributed by atoms with E-state index in [1.54, 1.807) is 12.4 Å². The van der Waals surface area contributed by atoms with E-state index >= 15 is 0 Å². The predicted molar refractivity (Wildman–Crippen MR) is 124 cm³/mol. The number of anilines is 1. The summed E-state index contributed by atoms with van der Waals surface area (Å²) in [6.07, 6.45) is 6.44. The summed E-state index contributed by atoms with van der Waals surface area (Å²) < 4.78 is 30.4. The smallest absolute Gasteiger partial charge is 0.275 e. The minimum atomic E-state index is -3.35. The van der Waals surface area contributed by atoms with Gasteiger partial charge in [-0.25, -0.2) is 18.4 Å². The van der Waals surface area contributed by atoms with E-state index < -0.39 is 15.4 Å². The molecule has 1 saturated heterocycles. The first-order valence-electron chi connectivity index (χ1n) is 10.1. The molecule has 0 radical (unpaired) electrons. The molecule has 12 heteroatoms. The van der Waals surface area contributed by atoms with E-state index in [4.69, 9.17) is 21.7 Å². The number of nitrogens with one attached hydrogen (secondary N) is 1. The quantitative estimate of drug-likeness (QED) is 0.522. The molecule has 1 aromatic carbocycles. The van der Waals surface area contributed by atoms with Crippen molar-refractivity contribution in [3.8, 4) is 11.4 Å². The molecule has 1 aliphatic heterocycles. The van der Waals surface area contributed by atoms with Crippen LogP contribution in [0, 0.1) is 5.41 Å². The van der Waals surface area contributed by atoms with Gasteiger partial charge in [0.05, 0.1) is 28.0 Å². The average molecular weight is 489 g/mol. The molecule has 1 aliphatic rings. The first kappa shape index (κ1) is 22.9. The second kappa shape index (κ2) is 9.28. The molecule has 0 aliphatic carbocycles. The Hall–Kier alpha value is -3.31. The average Bonchev–Trinajstić information content (AvgIpc) is 2.80. The van der Waals surface area contributed by atoms with Gasteiger partial charge in [0.15, 0.2) is 15.6 Å². The molecule has 0 bridgehead atoms. The lowest BCUT2D eigenvalue weighted by Crippen LogP contribution is -2.39. The Morgan fingerprint density at radius 1 is 1.15 bits per heavy atom. The summed E-state index contributed by atoms with van der Waals surface area (Å²) in [6.45, 7) is 1.34. The third-order valence-corrected chi connectivity index (χ3v) is 6.52. The van der Waals surface area contributed by atoms with Crippen LogP contribution in [0.3, 0.4) is 0 Å². The van der Waals surface area contributed by atoms with Crippen LogP contribution in [0.1, 0.15) is 18.5 Å². The summed E-state index contributed by atoms with van der Waals surface area (Å²) >= 11 is 5.84. The summed E-state index contributed by atoms with van der Waals surface area (Å²) in [5, 5.41) is 12.4. The summed E-state index contributed by atoms with van der Waals surface area (Å²) in [4.78, 5) is 23.3. The van der Waals surface area contributed by atoms with E-state index in [0.29, 0.717) is 42.6 Å². The van der Waals surface area contributed by atoms with Crippen LogP contribution < -0.4 is 15.2 Å². The number of nitrogens with zero attached hydrogens (tertiary/aromatic N) is 5. The number of hydrogen-bond acceptors (Lipinski definition) is 9. The first-order chi connectivity index (χ1) is 15.7. The molecule has 1 N–H and O–H groups in total. The lowest BCUT2D eigenvalue weighted by Gasteiger charge is -2.32. The van der Waals surface area contributed by atoms with Crippen molar-refractivity contribution >= 4 is 33.6 Å². The van der Waals surface area contributed by atoms with Crippen molar-refractivity contribution in [3.63, 3.8) is 0 Å². The molecule has 10 nitrogen and oxygen atoms in total. The molecule has 172 valence electrons. The third kappa shape index (κ3) is 5.20. The van der Waals surface area contributed by atoms with Crippen LogP contribution in [-0.2, 0) is 9.84 Å². The molecule has 0 spiro atoms. The van der Waals surface area contributed by atoms with Gasteiger partial charge in [0.1, 0.15) is 11.8 Å². The van der Waals surface area contributed by atoms with Crippen LogP contribution in [0.15, 0.2) is 52.4 Å². The zero-order valence-electron chi connectivity index (χ0n) is 17.7. The van der Waals surface area contributed by atoms with E-state index in [0.717, 1.165) is 17.2 Å². The lowest BCUT2D eigenvalue weighted by atomic mass is 10.1. The molecular weight excluding hydrogens is 468 g/mol. The largest absolute Gasteiger partial charge is 0.488 e. The van der Waals surface area contributed by atoms with Gasteiger partial charge in [-0.2, -0.15) is 9.78 Å². The molecule has 0 saturated carbocycles. The second-order valence-electron chi connectivity index (χ2n) is 7.56. The molecule has 0 atom stereocenters. The van der Waals surface area contributed by atoms with E-state index in [1.807, 2.05) is 4.90 Å². The van der Waals surface area contributed by atoms with Gasteiger partial charge in [0, 0.05) is 44.5 Å². The van der Waals surface area contributed by atoms with Gasteiger partial charge in [-0.05, 0) is 24.3 Å². The number of rotatable bonds is 6. The number of sulfone groups is 1. The highest BCUT2D eigenvalue weighted by molar-refractivity contribution is 7.90. The van der Waals surface area contributed by atoms with Gasteiger partial charge in [-0.1, -0.05) is 11.6 Å². The number of ether oxygens (including phenoxy) is 1. The molecule has 0 amide bonds. The molecule has 33 heavy (non-hydrogen) atoms. The number of piperidine rings is 1. The van der Waals surface area contributed by atoms with E-state index in [2.05, 4.69) is 15.1 Å². The minimum absolute atomic E-state index is 0.141. The number of hydrogen-bond donors (Lipinski definition) is 1. The van der Waals surface area contributed by atoms with Gasteiger partial charge in [-0.15, -0.1) is 0 Å². The fourth-order valence-electron chi connectivity index (χ4n) is 3.49. The molecule has 2 aromatic heterocycles. The standard InChI is InChI=1S/C21H21ClN6O4S/c1-33(30,31)17-4-2-15(3-5-17)28-20(29)10-19(18(11-23)26-28)32-16-6-8-27(9-7-16)21-24-12-14(22)13-25-21/h2-5,10-13,16,23H,6-9H2,1H3. The maximum absolute atomic E-state index is 12.7. The lowest BCUT2D eigenvalue weighted by molar-refractivity contribution is 0.169. The first-order valence-corrected chi connectivity index (χ1v) is 12.4. The zero-order valence-corrected chi connectivity index (χ0v) is 19.3. The molecule has 1 fully saturated rings. The molecule has 3 aromatic rings. The van der Waals surface area contributed by atoms with Gasteiger partial charge in [0.25, 0.3) is 5.56 Å². The fourth-order valence-corrected chi connectivity index (χ4v) is 4.22. The van der Waals surface area contributed by atoms with Crippen molar-refractivity contribution in [2.45, 2.75) is 23.8 Å². The maximum atomic E-state index is 12.7. The summed E-state index contributed by atoms with van der Waals surface area (Å²) in [5.74, 6) is 0.837. The van der Waals surface area contributed by atoms with Crippen molar-refractivity contribution in [2.75, 3.05) is 24.2 Å². The van der Waals surface area contributed by atoms with E-state index in [-0.39, 0.29) is 22.4 Å². The number of benzene rings is 1. The highest BCUT2D eigenvalue weighted by Gasteiger charge is 2.23. The zero-order chi connectivity index (χ0) is 23.6. The van der Waals surface area contributed by atoms with Crippen LogP contribution in [0.5, 0.6) is 5.75 Å². The fraction of sp³-hybridized carbons (Fsp3) is 0.286. The SMILES string of the molecule is CS(=O)(=O)c1ccc(-n2nc(C=N)c(OC3CCN(c4ncc(Cl)cn4)CC3)cc2=O)cc1. The van der Waals surface area contributed by atoms with Crippen LogP contribution >= 0.6 is 11.6 Å². The van der Waals surface area contributed by atoms with Crippen LogP contribution in [0.25, 0.3) is 5.69 Å². The normalized spacial score (nSPS) is 14.8. The maximum Gasteiger partial charge on any atom is 0.275 e. The van der Waals surface area contributed by atoms with Crippen LogP contribution in [-0.4, -0.2) is 59.8 Å². The van der Waals surface area contributed by atoms with Crippen molar-refractivity contribution in [2.24, 2.45) is 0 Å². The van der Waals surface area contributed by atoms with E-state index in [1.165, 1.54) is 30.3 Å². The summed E-state index contributed by atoms with van der Waals surface area (Å²) in [7, 11) is -3.35. The van der Waals surface area contributed by atoms with Gasteiger partial charge in [0.2, 0.25) is 5.95 Å².